The number of alkyl carbamates (subject to hydrolysis) is 1. The molecule has 5 atom stereocenters. The van der Waals surface area contributed by atoms with Crippen molar-refractivity contribution in [1.29, 1.82) is 0 Å². The van der Waals surface area contributed by atoms with E-state index in [2.05, 4.69) is 35.3 Å². The van der Waals surface area contributed by atoms with Gasteiger partial charge in [0, 0.05) is 20.5 Å². The summed E-state index contributed by atoms with van der Waals surface area (Å²) < 4.78 is 46.1. The van der Waals surface area contributed by atoms with E-state index in [1.165, 1.54) is 9.80 Å². The molecule has 0 spiro atoms. The van der Waals surface area contributed by atoms with Crippen LogP contribution in [0.1, 0.15) is 104 Å². The summed E-state index contributed by atoms with van der Waals surface area (Å²) in [5.74, 6) is -1.48. The molecule has 3 saturated carbocycles. The lowest BCUT2D eigenvalue weighted by Gasteiger charge is -2.36. The number of rotatable bonds is 8. The Labute approximate surface area is 353 Å². The van der Waals surface area contributed by atoms with E-state index in [1.54, 1.807) is 42.0 Å². The zero-order valence-electron chi connectivity index (χ0n) is 36.1. The van der Waals surface area contributed by atoms with E-state index in [0.29, 0.717) is 31.2 Å². The molecule has 60 heavy (non-hydrogen) atoms. The average molecular weight is 852 g/mol. The molecule has 5 bridgehead atoms. The van der Waals surface area contributed by atoms with Gasteiger partial charge in [0.2, 0.25) is 21.8 Å². The molecule has 0 radical (unpaired) electrons. The first-order valence-corrected chi connectivity index (χ1v) is 22.8. The lowest BCUT2D eigenvalue weighted by molar-refractivity contribution is -0.143. The molecule has 5 aliphatic rings. The van der Waals surface area contributed by atoms with Crippen LogP contribution in [0, 0.1) is 22.7 Å². The topological polar surface area (TPSA) is 190 Å². The van der Waals surface area contributed by atoms with E-state index in [1.807, 2.05) is 24.3 Å². The van der Waals surface area contributed by atoms with Crippen molar-refractivity contribution in [2.24, 2.45) is 22.7 Å². The van der Waals surface area contributed by atoms with Gasteiger partial charge in [-0.05, 0) is 121 Å². The molecule has 16 heteroatoms. The van der Waals surface area contributed by atoms with E-state index in [0.717, 1.165) is 47.8 Å². The SMILES string of the molecule is COc1cc2ccc3cc2cc1CCCC(C)(C)CCOC(=O)N[C@@H](C(C)(C)C)C(=O)N1C[C@@]3(OC(=O)N(C)C)C[C@H]1C(=O)N[C@]1(C(=O)NS(=O)(=O)C2CC2)C[C@H]1C1CC1. The van der Waals surface area contributed by atoms with E-state index in [9.17, 15) is 27.6 Å². The van der Waals surface area contributed by atoms with Gasteiger partial charge in [-0.2, -0.15) is 0 Å². The molecule has 3 aliphatic carbocycles. The van der Waals surface area contributed by atoms with Crippen LogP contribution in [0.15, 0.2) is 30.3 Å². The summed E-state index contributed by atoms with van der Waals surface area (Å²) in [4.78, 5) is 73.8. The second kappa shape index (κ2) is 15.7. The number of carbonyl (C=O) groups excluding carboxylic acids is 5. The van der Waals surface area contributed by atoms with Gasteiger partial charge in [0.05, 0.1) is 25.5 Å². The van der Waals surface area contributed by atoms with Crippen molar-refractivity contribution in [3.63, 3.8) is 0 Å². The zero-order valence-corrected chi connectivity index (χ0v) is 37.0. The van der Waals surface area contributed by atoms with Crippen molar-refractivity contribution in [2.45, 2.75) is 127 Å². The van der Waals surface area contributed by atoms with Gasteiger partial charge in [0.1, 0.15) is 23.4 Å². The highest BCUT2D eigenvalue weighted by molar-refractivity contribution is 7.91. The summed E-state index contributed by atoms with van der Waals surface area (Å²) >= 11 is 0. The van der Waals surface area contributed by atoms with Gasteiger partial charge >= 0.3 is 12.2 Å². The number of nitrogens with zero attached hydrogens (tertiary/aromatic N) is 2. The van der Waals surface area contributed by atoms with E-state index < -0.39 is 73.8 Å². The van der Waals surface area contributed by atoms with Crippen molar-refractivity contribution in [2.75, 3.05) is 34.4 Å². The molecule has 2 aromatic rings. The van der Waals surface area contributed by atoms with Gasteiger partial charge in [-0.3, -0.25) is 19.1 Å². The fourth-order valence-electron chi connectivity index (χ4n) is 9.01. The quantitative estimate of drug-likeness (QED) is 0.321. The number of carbonyl (C=O) groups is 5. The van der Waals surface area contributed by atoms with Crippen LogP contribution in [0.4, 0.5) is 9.59 Å². The molecule has 0 unspecified atom stereocenters. The van der Waals surface area contributed by atoms with Gasteiger partial charge in [-0.25, -0.2) is 18.0 Å². The number of aryl methyl sites for hydroxylation is 1. The molecule has 328 valence electrons. The Morgan fingerprint density at radius 2 is 1.70 bits per heavy atom. The third kappa shape index (κ3) is 8.89. The fourth-order valence-corrected chi connectivity index (χ4v) is 10.4. The van der Waals surface area contributed by atoms with Crippen molar-refractivity contribution < 1.29 is 46.6 Å². The minimum atomic E-state index is -3.93. The summed E-state index contributed by atoms with van der Waals surface area (Å²) in [6.07, 6.45) is 4.18. The molecule has 4 fully saturated rings. The second-order valence-corrected chi connectivity index (χ2v) is 21.8. The highest BCUT2D eigenvalue weighted by atomic mass is 32.2. The van der Waals surface area contributed by atoms with Gasteiger partial charge in [-0.15, -0.1) is 0 Å². The van der Waals surface area contributed by atoms with Crippen LogP contribution in [0.25, 0.3) is 10.8 Å². The largest absolute Gasteiger partial charge is 0.496 e. The van der Waals surface area contributed by atoms with Gasteiger partial charge in [0.25, 0.3) is 5.91 Å². The third-order valence-corrected chi connectivity index (χ3v) is 15.0. The Kier molecular flexibility index (Phi) is 11.4. The number of sulfonamides is 1. The van der Waals surface area contributed by atoms with Crippen LogP contribution < -0.4 is 20.1 Å². The minimum Gasteiger partial charge on any atom is -0.496 e. The molecule has 7 rings (SSSR count). The Hall–Kier alpha value is -4.60. The number of hydrogen-bond acceptors (Lipinski definition) is 10. The molecule has 1 saturated heterocycles. The van der Waals surface area contributed by atoms with E-state index >= 15 is 4.79 Å². The second-order valence-electron chi connectivity index (χ2n) is 19.8. The van der Waals surface area contributed by atoms with Crippen LogP contribution in [0.3, 0.4) is 0 Å². The number of fused-ring (bicyclic) bond motifs is 5. The minimum absolute atomic E-state index is 0.117. The third-order valence-electron chi connectivity index (χ3n) is 13.2. The van der Waals surface area contributed by atoms with Crippen molar-refractivity contribution in [3.05, 3.63) is 41.5 Å². The number of hydrogen-bond donors (Lipinski definition) is 3. The molecule has 2 heterocycles. The lowest BCUT2D eigenvalue weighted by Crippen LogP contribution is -2.60. The van der Waals surface area contributed by atoms with Gasteiger partial charge in [-0.1, -0.05) is 46.8 Å². The monoisotopic (exact) mass is 851 g/mol. The maximum atomic E-state index is 15.1. The molecular formula is C44H61N5O10S. The van der Waals surface area contributed by atoms with Gasteiger partial charge in [0.15, 0.2) is 5.60 Å². The molecule has 3 N–H and O–H groups in total. The molecule has 15 nitrogen and oxygen atoms in total. The Morgan fingerprint density at radius 1 is 0.983 bits per heavy atom. The summed E-state index contributed by atoms with van der Waals surface area (Å²) in [6.45, 7) is 9.47. The maximum absolute atomic E-state index is 15.1. The Bertz CT molecular complexity index is 2180. The molecule has 2 aliphatic heterocycles. The summed E-state index contributed by atoms with van der Waals surface area (Å²) in [6, 6.07) is 7.16. The predicted molar refractivity (Wildman–Crippen MR) is 223 cm³/mol. The van der Waals surface area contributed by atoms with Crippen molar-refractivity contribution in [1.82, 2.24) is 25.2 Å². The molecule has 0 aromatic heterocycles. The summed E-state index contributed by atoms with van der Waals surface area (Å²) in [5.41, 5.74) is -2.59. The highest BCUT2D eigenvalue weighted by Gasteiger charge is 2.67. The summed E-state index contributed by atoms with van der Waals surface area (Å²) in [7, 11) is 0.789. The van der Waals surface area contributed by atoms with E-state index in [4.69, 9.17) is 14.2 Å². The molecule has 5 amide bonds. The molecule has 2 aromatic carbocycles. The summed E-state index contributed by atoms with van der Waals surface area (Å²) in [5, 5.41) is 6.82. The smallest absolute Gasteiger partial charge is 0.410 e. The highest BCUT2D eigenvalue weighted by Crippen LogP contribution is 2.57. The number of ether oxygens (including phenoxy) is 3. The number of nitrogens with one attached hydrogen (secondary N) is 3. The number of cyclic esters (lactones) is 1. The number of amides is 5. The van der Waals surface area contributed by atoms with Crippen LogP contribution in [-0.2, 0) is 45.9 Å². The van der Waals surface area contributed by atoms with Crippen LogP contribution >= 0.6 is 0 Å². The fraction of sp³-hybridized carbons (Fsp3) is 0.659. The Morgan fingerprint density at radius 3 is 2.33 bits per heavy atom. The molecular weight excluding hydrogens is 791 g/mol. The average Bonchev–Trinajstić information content (AvgIpc) is 4.04. The first-order valence-electron chi connectivity index (χ1n) is 21.2. The van der Waals surface area contributed by atoms with E-state index in [-0.39, 0.29) is 43.2 Å². The van der Waals surface area contributed by atoms with Crippen LogP contribution in [0.2, 0.25) is 0 Å². The standard InChI is InChI=1S/C44H61N5O10S/c1-41(2,3)35-37(51)49-25-43(59-40(54)48(6)7,24-33(49)36(50)46-44(23-32(44)26-11-12-26)38(52)47-60(55,56)31-15-16-31)30-14-13-27-22-34(57-8)28(20-29(27)21-30)10-9-17-42(4,5)18-19-58-39(53)45-35/h13-14,20-22,26,31-33,35H,9-12,15-19,23-25H2,1-8H3,(H,45,53)(H,46,50)(H,47,52)/t32-,33-,35+,43-,44+/m0/s1. The first-order chi connectivity index (χ1) is 28.1. The normalized spacial score (nSPS) is 28.5. The number of methoxy groups -OCH3 is 1. The lowest BCUT2D eigenvalue weighted by atomic mass is 9.83. The maximum Gasteiger partial charge on any atom is 0.410 e. The number of benzene rings is 2. The van der Waals surface area contributed by atoms with Gasteiger partial charge < -0.3 is 34.6 Å². The Balaban J connectivity index is 1.33. The van der Waals surface area contributed by atoms with Crippen LogP contribution in [0.5, 0.6) is 5.75 Å². The van der Waals surface area contributed by atoms with Crippen molar-refractivity contribution in [3.8, 4) is 5.75 Å². The van der Waals surface area contributed by atoms with Crippen molar-refractivity contribution >= 4 is 50.7 Å². The predicted octanol–water partition coefficient (Wildman–Crippen LogP) is 5.13. The zero-order chi connectivity index (χ0) is 43.6. The van der Waals surface area contributed by atoms with Crippen LogP contribution in [-0.4, -0.2) is 105 Å². The first kappa shape index (κ1) is 43.5.